The largest absolute Gasteiger partial charge is 0.481 e. The number of carboxylic acids is 1. The number of aliphatic carboxylic acids is 1. The zero-order valence-corrected chi connectivity index (χ0v) is 10.7. The molecule has 0 spiro atoms. The lowest BCUT2D eigenvalue weighted by Crippen LogP contribution is -2.28. The Balaban J connectivity index is 2.41. The van der Waals surface area contributed by atoms with Crippen LogP contribution < -0.4 is 0 Å². The van der Waals surface area contributed by atoms with E-state index >= 15 is 0 Å². The first-order valence-electron chi connectivity index (χ1n) is 5.17. The molecule has 2 aromatic heterocycles. The van der Waals surface area contributed by atoms with Crippen LogP contribution in [0.15, 0.2) is 22.1 Å². The Bertz CT molecular complexity index is 554. The van der Waals surface area contributed by atoms with Gasteiger partial charge in [0.1, 0.15) is 16.2 Å². The van der Waals surface area contributed by atoms with Crippen molar-refractivity contribution in [1.82, 2.24) is 4.98 Å². The van der Waals surface area contributed by atoms with Crippen molar-refractivity contribution in [2.45, 2.75) is 26.2 Å². The number of thiazole rings is 1. The van der Waals surface area contributed by atoms with E-state index in [1.54, 1.807) is 25.5 Å². The second kappa shape index (κ2) is 4.00. The zero-order valence-electron chi connectivity index (χ0n) is 9.85. The van der Waals surface area contributed by atoms with Crippen LogP contribution in [0.1, 0.15) is 25.3 Å². The van der Waals surface area contributed by atoms with Gasteiger partial charge in [0.2, 0.25) is 0 Å². The molecule has 0 saturated carbocycles. The molecule has 0 saturated heterocycles. The van der Waals surface area contributed by atoms with Crippen molar-refractivity contribution in [3.63, 3.8) is 0 Å². The first kappa shape index (κ1) is 11.9. The van der Waals surface area contributed by atoms with E-state index in [2.05, 4.69) is 4.98 Å². The van der Waals surface area contributed by atoms with Gasteiger partial charge in [-0.25, -0.2) is 4.98 Å². The fraction of sp³-hybridized carbons (Fsp3) is 0.333. The second-order valence-corrected chi connectivity index (χ2v) is 5.22. The van der Waals surface area contributed by atoms with E-state index in [9.17, 15) is 4.79 Å². The summed E-state index contributed by atoms with van der Waals surface area (Å²) in [6, 6.07) is 1.84. The second-order valence-electron chi connectivity index (χ2n) is 4.36. The third kappa shape index (κ3) is 1.98. The molecule has 2 heterocycles. The number of aromatic nitrogens is 1. The molecule has 2 rings (SSSR count). The van der Waals surface area contributed by atoms with E-state index < -0.39 is 11.4 Å². The molecule has 0 aliphatic carbocycles. The Labute approximate surface area is 103 Å². The lowest BCUT2D eigenvalue weighted by molar-refractivity contribution is -0.142. The molecule has 2 aromatic rings. The lowest BCUT2D eigenvalue weighted by atomic mass is 9.90. The highest BCUT2D eigenvalue weighted by molar-refractivity contribution is 7.13. The maximum atomic E-state index is 11.1. The van der Waals surface area contributed by atoms with Gasteiger partial charge in [0.25, 0.3) is 0 Å². The van der Waals surface area contributed by atoms with E-state index in [0.29, 0.717) is 5.69 Å². The van der Waals surface area contributed by atoms with Gasteiger partial charge >= 0.3 is 5.97 Å². The average Bonchev–Trinajstić information content (AvgIpc) is 2.85. The third-order valence-corrected chi connectivity index (χ3v) is 3.64. The van der Waals surface area contributed by atoms with Crippen LogP contribution in [0.4, 0.5) is 0 Å². The van der Waals surface area contributed by atoms with Gasteiger partial charge in [0.15, 0.2) is 0 Å². The molecule has 4 nitrogen and oxygen atoms in total. The highest BCUT2D eigenvalue weighted by atomic mass is 32.1. The maximum absolute atomic E-state index is 11.1. The number of nitrogens with zero attached hydrogens (tertiary/aromatic N) is 1. The monoisotopic (exact) mass is 251 g/mol. The topological polar surface area (TPSA) is 63.3 Å². The Morgan fingerprint density at radius 3 is 2.76 bits per heavy atom. The van der Waals surface area contributed by atoms with Gasteiger partial charge in [0.05, 0.1) is 17.5 Å². The molecule has 0 radical (unpaired) electrons. The summed E-state index contributed by atoms with van der Waals surface area (Å²) in [7, 11) is 0. The van der Waals surface area contributed by atoms with E-state index in [1.165, 1.54) is 11.3 Å². The van der Waals surface area contributed by atoms with Crippen LogP contribution >= 0.6 is 11.3 Å². The van der Waals surface area contributed by atoms with Gasteiger partial charge in [-0.1, -0.05) is 0 Å². The number of hydrogen-bond acceptors (Lipinski definition) is 4. The zero-order chi connectivity index (χ0) is 12.6. The smallest absolute Gasteiger partial charge is 0.315 e. The normalized spacial score (nSPS) is 11.7. The first-order chi connectivity index (χ1) is 7.93. The number of carbonyl (C=O) groups is 1. The van der Waals surface area contributed by atoms with E-state index in [-0.39, 0.29) is 0 Å². The summed E-state index contributed by atoms with van der Waals surface area (Å²) in [5, 5.41) is 11.7. The molecule has 0 bridgehead atoms. The van der Waals surface area contributed by atoms with E-state index in [4.69, 9.17) is 9.52 Å². The van der Waals surface area contributed by atoms with Gasteiger partial charge < -0.3 is 9.52 Å². The van der Waals surface area contributed by atoms with Crippen LogP contribution in [0.2, 0.25) is 0 Å². The van der Waals surface area contributed by atoms with Crippen LogP contribution in [-0.2, 0) is 10.2 Å². The third-order valence-electron chi connectivity index (χ3n) is 2.77. The highest BCUT2D eigenvalue weighted by Crippen LogP contribution is 2.32. The summed E-state index contributed by atoms with van der Waals surface area (Å²) in [6.45, 7) is 5.16. The minimum atomic E-state index is -0.966. The summed E-state index contributed by atoms with van der Waals surface area (Å²) < 4.78 is 5.21. The first-order valence-corrected chi connectivity index (χ1v) is 6.04. The van der Waals surface area contributed by atoms with Crippen molar-refractivity contribution in [2.75, 3.05) is 0 Å². The van der Waals surface area contributed by atoms with Gasteiger partial charge in [0, 0.05) is 5.38 Å². The number of carboxylic acid groups (broad SMARTS) is 1. The van der Waals surface area contributed by atoms with Crippen molar-refractivity contribution < 1.29 is 14.3 Å². The Morgan fingerprint density at radius 2 is 2.24 bits per heavy atom. The predicted octanol–water partition coefficient (Wildman–Crippen LogP) is 3.07. The van der Waals surface area contributed by atoms with Crippen LogP contribution in [0.3, 0.4) is 0 Å². The SMILES string of the molecule is Cc1occc1-c1nc(C(C)(C)C(=O)O)cs1. The van der Waals surface area contributed by atoms with Crippen LogP contribution in [-0.4, -0.2) is 16.1 Å². The number of furan rings is 1. The van der Waals surface area contributed by atoms with Crippen molar-refractivity contribution in [2.24, 2.45) is 0 Å². The van der Waals surface area contributed by atoms with Crippen molar-refractivity contribution in [3.8, 4) is 10.6 Å². The molecular formula is C12H13NO3S. The van der Waals surface area contributed by atoms with Gasteiger partial charge in [-0.05, 0) is 26.8 Å². The number of aryl methyl sites for hydroxylation is 1. The minimum Gasteiger partial charge on any atom is -0.481 e. The molecule has 0 aromatic carbocycles. The molecule has 5 heteroatoms. The predicted molar refractivity (Wildman–Crippen MR) is 65.2 cm³/mol. The van der Waals surface area contributed by atoms with Crippen LogP contribution in [0, 0.1) is 6.92 Å². The van der Waals surface area contributed by atoms with Crippen molar-refractivity contribution in [1.29, 1.82) is 0 Å². The van der Waals surface area contributed by atoms with Crippen molar-refractivity contribution >= 4 is 17.3 Å². The number of rotatable bonds is 3. The Kier molecular flexibility index (Phi) is 2.79. The fourth-order valence-corrected chi connectivity index (χ4v) is 2.46. The maximum Gasteiger partial charge on any atom is 0.315 e. The molecule has 0 fully saturated rings. The van der Waals surface area contributed by atoms with Gasteiger partial charge in [-0.15, -0.1) is 11.3 Å². The molecule has 0 aliphatic rings. The fourth-order valence-electron chi connectivity index (χ4n) is 1.40. The highest BCUT2D eigenvalue weighted by Gasteiger charge is 2.32. The average molecular weight is 251 g/mol. The summed E-state index contributed by atoms with van der Waals surface area (Å²) in [5.41, 5.74) is 0.528. The van der Waals surface area contributed by atoms with Crippen LogP contribution in [0.25, 0.3) is 10.6 Å². The molecule has 1 N–H and O–H groups in total. The van der Waals surface area contributed by atoms with Gasteiger partial charge in [-0.3, -0.25) is 4.79 Å². The summed E-state index contributed by atoms with van der Waals surface area (Å²) in [5.74, 6) is -0.0858. The summed E-state index contributed by atoms with van der Waals surface area (Å²) in [4.78, 5) is 15.5. The minimum absolute atomic E-state index is 0.575. The molecule has 0 amide bonds. The molecule has 17 heavy (non-hydrogen) atoms. The van der Waals surface area contributed by atoms with E-state index in [0.717, 1.165) is 16.3 Å². The molecular weight excluding hydrogens is 238 g/mol. The Hall–Kier alpha value is -1.62. The van der Waals surface area contributed by atoms with Crippen LogP contribution in [0.5, 0.6) is 0 Å². The standard InChI is InChI=1S/C12H13NO3S/c1-7-8(4-5-16-7)10-13-9(6-17-10)12(2,3)11(14)15/h4-6H,1-3H3,(H,14,15). The summed E-state index contributed by atoms with van der Waals surface area (Å²) >= 11 is 1.43. The molecule has 0 aliphatic heterocycles. The summed E-state index contributed by atoms with van der Waals surface area (Å²) in [6.07, 6.45) is 1.61. The molecule has 0 unspecified atom stereocenters. The Morgan fingerprint density at radius 1 is 1.53 bits per heavy atom. The van der Waals surface area contributed by atoms with Crippen molar-refractivity contribution in [3.05, 3.63) is 29.2 Å². The van der Waals surface area contributed by atoms with E-state index in [1.807, 2.05) is 13.0 Å². The molecule has 90 valence electrons. The quantitative estimate of drug-likeness (QED) is 0.910. The number of hydrogen-bond donors (Lipinski definition) is 1. The molecule has 0 atom stereocenters. The lowest BCUT2D eigenvalue weighted by Gasteiger charge is -2.15. The van der Waals surface area contributed by atoms with Gasteiger partial charge in [-0.2, -0.15) is 0 Å².